The number of imide groups is 1. The van der Waals surface area contributed by atoms with Crippen molar-refractivity contribution in [3.05, 3.63) is 65.6 Å². The number of likely N-dealkylation sites (N-methyl/N-ethyl adjacent to an activating group) is 1. The minimum absolute atomic E-state index is 0.00410. The number of methoxy groups -OCH3 is 1. The summed E-state index contributed by atoms with van der Waals surface area (Å²) < 4.78 is 37.8. The van der Waals surface area contributed by atoms with Crippen molar-refractivity contribution in [2.24, 2.45) is 5.73 Å². The third-order valence-corrected chi connectivity index (χ3v) is 14.6. The Bertz CT molecular complexity index is 2150. The maximum absolute atomic E-state index is 16.5. The number of nitrogens with zero attached hydrogens (tertiary/aromatic N) is 6. The maximum Gasteiger partial charge on any atom is 0.249 e. The Kier molecular flexibility index (Phi) is 12.7. The van der Waals surface area contributed by atoms with E-state index < -0.39 is 46.2 Å². The molecule has 5 heterocycles. The number of allylic oxidation sites excluding steroid dienone is 2. The van der Waals surface area contributed by atoms with Gasteiger partial charge in [-0.25, -0.2) is 18.7 Å². The van der Waals surface area contributed by atoms with Gasteiger partial charge in [-0.3, -0.25) is 29.4 Å². The van der Waals surface area contributed by atoms with Gasteiger partial charge < -0.3 is 35.6 Å². The van der Waals surface area contributed by atoms with E-state index in [0.717, 1.165) is 25.7 Å². The molecule has 6 aliphatic rings. The first-order valence-electron chi connectivity index (χ1n) is 22.6. The number of carbonyl (C=O) groups excluding carboxylic acids is 4. The highest BCUT2D eigenvalue weighted by molar-refractivity contribution is 6.04. The molecule has 5 N–H and O–H groups in total. The summed E-state index contributed by atoms with van der Waals surface area (Å²) in [7, 11) is 3.26. The second-order valence-electron chi connectivity index (χ2n) is 18.4. The summed E-state index contributed by atoms with van der Waals surface area (Å²) in [5, 5.41) is 15.9. The number of amides is 4. The topological polar surface area (TPSA) is 187 Å². The second kappa shape index (κ2) is 17.9. The van der Waals surface area contributed by atoms with Crippen LogP contribution in [0, 0.1) is 5.82 Å². The quantitative estimate of drug-likeness (QED) is 0.226. The summed E-state index contributed by atoms with van der Waals surface area (Å²) in [4.78, 5) is 69.7. The molecule has 4 aliphatic heterocycles. The molecule has 3 saturated heterocycles. The fourth-order valence-corrected chi connectivity index (χ4v) is 10.9. The predicted molar refractivity (Wildman–Crippen MR) is 233 cm³/mol. The molecule has 1 aromatic carbocycles. The van der Waals surface area contributed by atoms with Crippen LogP contribution in [-0.4, -0.2) is 126 Å². The normalized spacial score (nSPS) is 27.5. The molecule has 2 aliphatic carbocycles. The number of aliphatic hydroxyl groups excluding tert-OH is 1. The number of benzene rings is 1. The Balaban J connectivity index is 0.936. The number of hydrogen-bond donors (Lipinski definition) is 4. The van der Waals surface area contributed by atoms with Gasteiger partial charge in [0.25, 0.3) is 0 Å². The molecule has 0 spiro atoms. The Morgan fingerprint density at radius 2 is 1.79 bits per heavy atom. The van der Waals surface area contributed by atoms with Crippen LogP contribution >= 0.6 is 0 Å². The van der Waals surface area contributed by atoms with E-state index in [4.69, 9.17) is 20.4 Å². The molecule has 0 radical (unpaired) electrons. The highest BCUT2D eigenvalue weighted by atomic mass is 19.1. The van der Waals surface area contributed by atoms with E-state index in [0.29, 0.717) is 86.2 Å². The van der Waals surface area contributed by atoms with Gasteiger partial charge in [-0.2, -0.15) is 0 Å². The SMILES string of the molecule is CCC1C(=O)N(C)c2cnc(C3C(OC)=CC=CC3(N)C(=O)NC3(CCO)CCN(CC4(F)CCN(c5ccc(C6CCC(=O)NC6=O)cc5F)CC4)CC3)nc2N1C1CCCC1. The van der Waals surface area contributed by atoms with Gasteiger partial charge in [-0.1, -0.05) is 38.0 Å². The third kappa shape index (κ3) is 8.55. The van der Waals surface area contributed by atoms with Crippen molar-refractivity contribution in [2.75, 3.05) is 68.2 Å². The Labute approximate surface area is 367 Å². The fourth-order valence-electron chi connectivity index (χ4n) is 10.9. The van der Waals surface area contributed by atoms with E-state index in [-0.39, 0.29) is 62.7 Å². The van der Waals surface area contributed by atoms with Gasteiger partial charge in [0, 0.05) is 77.2 Å². The fraction of sp³-hybridized carbons (Fsp3) is 0.609. The standard InChI is InChI=1S/C46H61F2N9O6/c1-4-33-42(61)54(2)35-27-50-39(52-40(35)57(33)30-8-5-6-9-30)38-36(63-3)10-7-15-46(38,49)43(62)53-45(20-25-58)18-21-55(22-19-45)28-44(48)16-23-56(24-17-44)34-13-11-29(26-32(34)47)31-12-14-37(59)51-41(31)60/h7,10-11,13,15,26-27,30-31,33,38,58H,4-6,8-9,12,14,16-25,28,49H2,1-3H3,(H,53,62)(H,51,59,60). The molecule has 340 valence electrons. The minimum atomic E-state index is -1.69. The summed E-state index contributed by atoms with van der Waals surface area (Å²) in [5.41, 5.74) is 4.63. The smallest absolute Gasteiger partial charge is 0.249 e. The van der Waals surface area contributed by atoms with Crippen LogP contribution in [0.15, 0.2) is 48.4 Å². The van der Waals surface area contributed by atoms with Crippen LogP contribution in [0.4, 0.5) is 26.0 Å². The van der Waals surface area contributed by atoms with Gasteiger partial charge in [0.2, 0.25) is 23.6 Å². The molecule has 1 saturated carbocycles. The molecule has 4 amide bonds. The predicted octanol–water partition coefficient (Wildman–Crippen LogP) is 3.86. The number of aromatic nitrogens is 2. The average molecular weight is 874 g/mol. The molecule has 8 rings (SSSR count). The van der Waals surface area contributed by atoms with Crippen molar-refractivity contribution < 1.29 is 37.8 Å². The molecular formula is C46H61F2N9O6. The first-order valence-corrected chi connectivity index (χ1v) is 22.6. The molecule has 4 fully saturated rings. The van der Waals surface area contributed by atoms with Crippen LogP contribution in [0.3, 0.4) is 0 Å². The summed E-state index contributed by atoms with van der Waals surface area (Å²) in [6, 6.07) is 4.46. The number of nitrogens with two attached hydrogens (primary N) is 1. The molecular weight excluding hydrogens is 813 g/mol. The highest BCUT2D eigenvalue weighted by Gasteiger charge is 2.51. The van der Waals surface area contributed by atoms with Gasteiger partial charge in [-0.15, -0.1) is 0 Å². The molecule has 2 aromatic rings. The lowest BCUT2D eigenvalue weighted by Crippen LogP contribution is -2.65. The van der Waals surface area contributed by atoms with Crippen LogP contribution in [0.25, 0.3) is 0 Å². The Morgan fingerprint density at radius 1 is 1.06 bits per heavy atom. The van der Waals surface area contributed by atoms with Crippen molar-refractivity contribution in [3.63, 3.8) is 0 Å². The monoisotopic (exact) mass is 873 g/mol. The molecule has 1 aromatic heterocycles. The van der Waals surface area contributed by atoms with Crippen LogP contribution in [0.5, 0.6) is 0 Å². The lowest BCUT2D eigenvalue weighted by Gasteiger charge is -2.47. The van der Waals surface area contributed by atoms with E-state index in [9.17, 15) is 24.3 Å². The number of ether oxygens (including phenoxy) is 1. The van der Waals surface area contributed by atoms with E-state index in [1.165, 1.54) is 13.2 Å². The third-order valence-electron chi connectivity index (χ3n) is 14.6. The van der Waals surface area contributed by atoms with Gasteiger partial charge in [0.1, 0.15) is 46.3 Å². The molecule has 4 unspecified atom stereocenters. The average Bonchev–Trinajstić information content (AvgIpc) is 3.81. The van der Waals surface area contributed by atoms with E-state index in [1.54, 1.807) is 48.5 Å². The zero-order valence-corrected chi connectivity index (χ0v) is 36.6. The maximum atomic E-state index is 16.5. The molecule has 17 heteroatoms. The van der Waals surface area contributed by atoms with Crippen LogP contribution < -0.4 is 31.1 Å². The zero-order chi connectivity index (χ0) is 44.7. The van der Waals surface area contributed by atoms with Crippen LogP contribution in [0.1, 0.15) is 107 Å². The van der Waals surface area contributed by atoms with Crippen molar-refractivity contribution >= 4 is 40.8 Å². The summed E-state index contributed by atoms with van der Waals surface area (Å²) in [5.74, 6) is -1.88. The van der Waals surface area contributed by atoms with Crippen molar-refractivity contribution in [3.8, 4) is 0 Å². The first-order chi connectivity index (χ1) is 30.2. The highest BCUT2D eigenvalue weighted by Crippen LogP contribution is 2.44. The molecule has 0 bridgehead atoms. The Morgan fingerprint density at radius 3 is 2.44 bits per heavy atom. The molecule has 15 nitrogen and oxygen atoms in total. The number of likely N-dealkylation sites (tertiary alicyclic amines) is 1. The van der Waals surface area contributed by atoms with Crippen molar-refractivity contribution in [1.29, 1.82) is 0 Å². The Hall–Kier alpha value is -5.00. The van der Waals surface area contributed by atoms with Crippen LogP contribution in [-0.2, 0) is 23.9 Å². The molecule has 4 atom stereocenters. The second-order valence-corrected chi connectivity index (χ2v) is 18.4. The zero-order valence-electron chi connectivity index (χ0n) is 36.6. The van der Waals surface area contributed by atoms with E-state index in [1.807, 2.05) is 11.8 Å². The number of rotatable bonds is 12. The number of fused-ring (bicyclic) bond motifs is 1. The number of carbonyl (C=O) groups is 4. The molecule has 63 heavy (non-hydrogen) atoms. The van der Waals surface area contributed by atoms with Gasteiger partial charge >= 0.3 is 0 Å². The number of nitrogens with one attached hydrogen (secondary N) is 2. The van der Waals surface area contributed by atoms with E-state index in [2.05, 4.69) is 20.4 Å². The number of aliphatic hydroxyl groups is 1. The summed E-state index contributed by atoms with van der Waals surface area (Å²) >= 11 is 0. The number of alkyl halides is 1. The lowest BCUT2D eigenvalue weighted by molar-refractivity contribution is -0.134. The summed E-state index contributed by atoms with van der Waals surface area (Å²) in [6.45, 7) is 3.59. The largest absolute Gasteiger partial charge is 0.500 e. The minimum Gasteiger partial charge on any atom is -0.500 e. The number of hydrogen-bond acceptors (Lipinski definition) is 12. The van der Waals surface area contributed by atoms with Gasteiger partial charge in [-0.05, 0) is 68.7 Å². The van der Waals surface area contributed by atoms with Crippen LogP contribution in [0.2, 0.25) is 0 Å². The lowest BCUT2D eigenvalue weighted by atomic mass is 9.76. The van der Waals surface area contributed by atoms with Crippen molar-refractivity contribution in [2.45, 2.75) is 125 Å². The van der Waals surface area contributed by atoms with E-state index >= 15 is 8.78 Å². The number of halogens is 2. The number of piperidine rings is 3. The first kappa shape index (κ1) is 44.6. The summed E-state index contributed by atoms with van der Waals surface area (Å²) in [6.07, 6.45) is 13.5. The van der Waals surface area contributed by atoms with Gasteiger partial charge in [0.05, 0.1) is 24.9 Å². The van der Waals surface area contributed by atoms with Gasteiger partial charge in [0.15, 0.2) is 5.82 Å². The van der Waals surface area contributed by atoms with Crippen molar-refractivity contribution in [1.82, 2.24) is 25.5 Å². The number of anilines is 3.